The van der Waals surface area contributed by atoms with Gasteiger partial charge in [0.2, 0.25) is 0 Å². The summed E-state index contributed by atoms with van der Waals surface area (Å²) in [4.78, 5) is 22.2. The molecule has 3 aromatic heterocycles. The smallest absolute Gasteiger partial charge is 0.263 e. The van der Waals surface area contributed by atoms with E-state index < -0.39 is 0 Å². The maximum atomic E-state index is 13.5. The third kappa shape index (κ3) is 3.26. The number of nitrogens with zero attached hydrogens (tertiary/aromatic N) is 4. The van der Waals surface area contributed by atoms with Gasteiger partial charge in [0.05, 0.1) is 29.0 Å². The second kappa shape index (κ2) is 7.69. The van der Waals surface area contributed by atoms with Crippen LogP contribution >= 0.6 is 0 Å². The lowest BCUT2D eigenvalue weighted by Gasteiger charge is -2.14. The van der Waals surface area contributed by atoms with Crippen molar-refractivity contribution < 1.29 is 0 Å². The van der Waals surface area contributed by atoms with E-state index >= 15 is 0 Å². The summed E-state index contributed by atoms with van der Waals surface area (Å²) in [5, 5.41) is 10.6. The zero-order chi connectivity index (χ0) is 21.2. The first-order chi connectivity index (χ1) is 15.3. The molecule has 5 rings (SSSR count). The van der Waals surface area contributed by atoms with Crippen LogP contribution in [0.15, 0.2) is 102 Å². The molecule has 0 N–H and O–H groups in total. The first kappa shape index (κ1) is 18.5. The van der Waals surface area contributed by atoms with Crippen LogP contribution in [-0.4, -0.2) is 14.5 Å². The summed E-state index contributed by atoms with van der Waals surface area (Å²) in [6.07, 6.45) is 6.88. The largest absolute Gasteiger partial charge is 0.282 e. The molecule has 31 heavy (non-hydrogen) atoms. The Hall–Kier alpha value is -4.56. The first-order valence-corrected chi connectivity index (χ1v) is 9.77. The van der Waals surface area contributed by atoms with Crippen LogP contribution in [0, 0.1) is 11.3 Å². The number of aromatic nitrogens is 3. The molecule has 0 aliphatic heterocycles. The number of hydrogen-bond donors (Lipinski definition) is 0. The summed E-state index contributed by atoms with van der Waals surface area (Å²) in [5.74, 6) is 0. The summed E-state index contributed by atoms with van der Waals surface area (Å²) < 4.78 is 1.58. The van der Waals surface area contributed by atoms with Gasteiger partial charge in [0.25, 0.3) is 5.56 Å². The third-order valence-corrected chi connectivity index (χ3v) is 5.22. The second-order valence-electron chi connectivity index (χ2n) is 7.07. The van der Waals surface area contributed by atoms with Crippen LogP contribution in [0.4, 0.5) is 0 Å². The van der Waals surface area contributed by atoms with E-state index in [0.29, 0.717) is 22.4 Å². The number of benzene rings is 2. The molecular weight excluding hydrogens is 384 g/mol. The molecule has 0 saturated heterocycles. The van der Waals surface area contributed by atoms with Crippen LogP contribution in [0.3, 0.4) is 0 Å². The van der Waals surface area contributed by atoms with Crippen molar-refractivity contribution in [3.8, 4) is 34.0 Å². The average Bonchev–Trinajstić information content (AvgIpc) is 2.84. The van der Waals surface area contributed by atoms with Gasteiger partial charge in [-0.15, -0.1) is 0 Å². The Bertz CT molecular complexity index is 1510. The van der Waals surface area contributed by atoms with Gasteiger partial charge in [-0.05, 0) is 30.3 Å². The first-order valence-electron chi connectivity index (χ1n) is 9.77. The van der Waals surface area contributed by atoms with Crippen LogP contribution < -0.4 is 5.56 Å². The topological polar surface area (TPSA) is 71.6 Å². The fraction of sp³-hybridized carbons (Fsp3) is 0. The Morgan fingerprint density at radius 1 is 0.839 bits per heavy atom. The zero-order valence-corrected chi connectivity index (χ0v) is 16.4. The van der Waals surface area contributed by atoms with Crippen LogP contribution in [0.2, 0.25) is 0 Å². The number of fused-ring (bicyclic) bond motifs is 1. The number of nitriles is 1. The number of pyridine rings is 3. The van der Waals surface area contributed by atoms with E-state index in [2.05, 4.69) is 16.0 Å². The molecule has 5 heteroatoms. The molecule has 3 heterocycles. The normalized spacial score (nSPS) is 10.7. The van der Waals surface area contributed by atoms with Crippen molar-refractivity contribution in [2.45, 2.75) is 0 Å². The van der Waals surface area contributed by atoms with Crippen LogP contribution in [-0.2, 0) is 0 Å². The Morgan fingerprint density at radius 3 is 2.48 bits per heavy atom. The maximum absolute atomic E-state index is 13.5. The molecule has 146 valence electrons. The van der Waals surface area contributed by atoms with Gasteiger partial charge < -0.3 is 0 Å². The molecule has 0 aliphatic carbocycles. The summed E-state index contributed by atoms with van der Waals surface area (Å²) in [6, 6.07) is 24.7. The lowest BCUT2D eigenvalue weighted by atomic mass is 9.97. The van der Waals surface area contributed by atoms with Crippen molar-refractivity contribution >= 4 is 10.9 Å². The minimum atomic E-state index is -0.215. The molecule has 0 radical (unpaired) electrons. The Kier molecular flexibility index (Phi) is 4.58. The lowest BCUT2D eigenvalue weighted by Crippen LogP contribution is -2.20. The van der Waals surface area contributed by atoms with E-state index in [4.69, 9.17) is 0 Å². The van der Waals surface area contributed by atoms with Crippen molar-refractivity contribution in [1.29, 1.82) is 5.26 Å². The van der Waals surface area contributed by atoms with Gasteiger partial charge >= 0.3 is 0 Å². The molecule has 0 spiro atoms. The van der Waals surface area contributed by atoms with Crippen molar-refractivity contribution in [3.05, 3.63) is 114 Å². The van der Waals surface area contributed by atoms with Crippen LogP contribution in [0.1, 0.15) is 5.56 Å². The number of para-hydroxylation sites is 1. The van der Waals surface area contributed by atoms with Gasteiger partial charge in [0.1, 0.15) is 0 Å². The number of hydrogen-bond acceptors (Lipinski definition) is 4. The highest BCUT2D eigenvalue weighted by molar-refractivity contribution is 5.94. The Balaban J connectivity index is 1.86. The molecule has 5 nitrogen and oxygen atoms in total. The highest BCUT2D eigenvalue weighted by Gasteiger charge is 2.15. The van der Waals surface area contributed by atoms with E-state index in [1.807, 2.05) is 48.5 Å². The average molecular weight is 400 g/mol. The molecule has 0 atom stereocenters. The maximum Gasteiger partial charge on any atom is 0.263 e. The molecule has 0 bridgehead atoms. The minimum absolute atomic E-state index is 0.215. The highest BCUT2D eigenvalue weighted by Crippen LogP contribution is 2.30. The van der Waals surface area contributed by atoms with Gasteiger partial charge in [-0.25, -0.2) is 0 Å². The summed E-state index contributed by atoms with van der Waals surface area (Å²) in [6.45, 7) is 0. The van der Waals surface area contributed by atoms with Crippen molar-refractivity contribution in [2.24, 2.45) is 0 Å². The van der Waals surface area contributed by atoms with Gasteiger partial charge in [0, 0.05) is 46.2 Å². The van der Waals surface area contributed by atoms with Gasteiger partial charge in [-0.3, -0.25) is 19.3 Å². The van der Waals surface area contributed by atoms with Gasteiger partial charge in [-0.1, -0.05) is 42.5 Å². The third-order valence-electron chi connectivity index (χ3n) is 5.22. The van der Waals surface area contributed by atoms with Crippen LogP contribution in [0.5, 0.6) is 0 Å². The molecule has 0 saturated carbocycles. The molecule has 0 amide bonds. The second-order valence-corrected chi connectivity index (χ2v) is 7.07. The molecule has 5 aromatic rings. The predicted octanol–water partition coefficient (Wildman–Crippen LogP) is 4.99. The van der Waals surface area contributed by atoms with E-state index in [9.17, 15) is 10.1 Å². The standard InChI is InChI=1S/C26H16N4O/c27-15-19-6-1-2-10-22(19)24-14-20(17-30(26(24)31)21-9-5-12-28-16-21)23-11-3-7-18-8-4-13-29-25(18)23/h1-14,16-17H. The fourth-order valence-corrected chi connectivity index (χ4v) is 3.76. The summed E-state index contributed by atoms with van der Waals surface area (Å²) in [7, 11) is 0. The Morgan fingerprint density at radius 2 is 1.65 bits per heavy atom. The van der Waals surface area contributed by atoms with E-state index in [1.165, 1.54) is 0 Å². The number of rotatable bonds is 3. The van der Waals surface area contributed by atoms with E-state index in [0.717, 1.165) is 22.0 Å². The van der Waals surface area contributed by atoms with Crippen molar-refractivity contribution in [1.82, 2.24) is 14.5 Å². The van der Waals surface area contributed by atoms with Gasteiger partial charge in [-0.2, -0.15) is 5.26 Å². The molecular formula is C26H16N4O. The molecule has 0 fully saturated rings. The van der Waals surface area contributed by atoms with Crippen molar-refractivity contribution in [2.75, 3.05) is 0 Å². The zero-order valence-electron chi connectivity index (χ0n) is 16.4. The highest BCUT2D eigenvalue weighted by atomic mass is 16.1. The summed E-state index contributed by atoms with van der Waals surface area (Å²) >= 11 is 0. The minimum Gasteiger partial charge on any atom is -0.282 e. The lowest BCUT2D eigenvalue weighted by molar-refractivity contribution is 0.983. The van der Waals surface area contributed by atoms with Crippen LogP contribution in [0.25, 0.3) is 38.8 Å². The fourth-order valence-electron chi connectivity index (χ4n) is 3.76. The monoisotopic (exact) mass is 400 g/mol. The SMILES string of the molecule is N#Cc1ccccc1-c1cc(-c2cccc3cccnc23)cn(-c2cccnc2)c1=O. The Labute approximate surface area is 178 Å². The van der Waals surface area contributed by atoms with Crippen molar-refractivity contribution in [3.63, 3.8) is 0 Å². The predicted molar refractivity (Wildman–Crippen MR) is 121 cm³/mol. The summed E-state index contributed by atoms with van der Waals surface area (Å²) in [5.41, 5.74) is 4.52. The molecule has 0 unspecified atom stereocenters. The molecule has 2 aromatic carbocycles. The van der Waals surface area contributed by atoms with E-state index in [-0.39, 0.29) is 5.56 Å². The molecule has 0 aliphatic rings. The van der Waals surface area contributed by atoms with Gasteiger partial charge in [0.15, 0.2) is 0 Å². The van der Waals surface area contributed by atoms with E-state index in [1.54, 1.807) is 53.6 Å². The quantitative estimate of drug-likeness (QED) is 0.428.